The minimum Gasteiger partial charge on any atom is -0.364 e. The minimum absolute atomic E-state index is 0.160. The molecule has 7 heteroatoms. The quantitative estimate of drug-likeness (QED) is 0.705. The molecule has 0 spiro atoms. The van der Waals surface area contributed by atoms with Crippen molar-refractivity contribution in [3.8, 4) is 0 Å². The first kappa shape index (κ1) is 12.2. The zero-order valence-corrected chi connectivity index (χ0v) is 9.54. The summed E-state index contributed by atoms with van der Waals surface area (Å²) >= 11 is 0. The van der Waals surface area contributed by atoms with E-state index in [4.69, 9.17) is 0 Å². The summed E-state index contributed by atoms with van der Waals surface area (Å²) in [5.41, 5.74) is 0.565. The Balaban J connectivity index is 2.50. The second-order valence-corrected chi connectivity index (χ2v) is 5.41. The zero-order valence-electron chi connectivity index (χ0n) is 8.73. The van der Waals surface area contributed by atoms with E-state index in [9.17, 15) is 8.42 Å². The van der Waals surface area contributed by atoms with Crippen molar-refractivity contribution < 1.29 is 12.9 Å². The summed E-state index contributed by atoms with van der Waals surface area (Å²) in [6.07, 6.45) is 1.40. The standard InChI is InChI=1S/C8H15N3O3S/c1-7(5-9-2)15(12,13)10-6-8-3-4-14-11-8/h3-4,7,9-10H,5-6H2,1-2H3. The van der Waals surface area contributed by atoms with Gasteiger partial charge >= 0.3 is 0 Å². The van der Waals surface area contributed by atoms with Gasteiger partial charge in [-0.05, 0) is 14.0 Å². The normalized spacial score (nSPS) is 14.0. The summed E-state index contributed by atoms with van der Waals surface area (Å²) in [5.74, 6) is 0. The Morgan fingerprint density at radius 3 is 2.87 bits per heavy atom. The van der Waals surface area contributed by atoms with Crippen LogP contribution in [-0.2, 0) is 16.6 Å². The minimum atomic E-state index is -3.29. The number of hydrogen-bond donors (Lipinski definition) is 2. The molecular formula is C8H15N3O3S. The van der Waals surface area contributed by atoms with Crippen LogP contribution in [0.3, 0.4) is 0 Å². The lowest BCUT2D eigenvalue weighted by Crippen LogP contribution is -2.37. The van der Waals surface area contributed by atoms with Gasteiger partial charge in [-0.15, -0.1) is 0 Å². The first-order valence-electron chi connectivity index (χ1n) is 4.58. The highest BCUT2D eigenvalue weighted by Crippen LogP contribution is 2.00. The van der Waals surface area contributed by atoms with Gasteiger partial charge in [0, 0.05) is 12.6 Å². The highest BCUT2D eigenvalue weighted by Gasteiger charge is 2.19. The Labute approximate surface area is 89.1 Å². The highest BCUT2D eigenvalue weighted by molar-refractivity contribution is 7.90. The Hall–Kier alpha value is -0.920. The van der Waals surface area contributed by atoms with Crippen molar-refractivity contribution in [1.82, 2.24) is 15.2 Å². The van der Waals surface area contributed by atoms with Crippen molar-refractivity contribution in [2.75, 3.05) is 13.6 Å². The topological polar surface area (TPSA) is 84.2 Å². The third-order valence-corrected chi connectivity index (χ3v) is 3.74. The van der Waals surface area contributed by atoms with Gasteiger partial charge < -0.3 is 9.84 Å². The van der Waals surface area contributed by atoms with Crippen molar-refractivity contribution >= 4 is 10.0 Å². The molecule has 0 radical (unpaired) electrons. The first-order valence-corrected chi connectivity index (χ1v) is 6.13. The van der Waals surface area contributed by atoms with Crippen molar-refractivity contribution in [2.24, 2.45) is 0 Å². The number of aromatic nitrogens is 1. The number of nitrogens with zero attached hydrogens (tertiary/aromatic N) is 1. The predicted octanol–water partition coefficient (Wildman–Crippen LogP) is -0.298. The van der Waals surface area contributed by atoms with Gasteiger partial charge in [0.25, 0.3) is 0 Å². The maximum Gasteiger partial charge on any atom is 0.215 e. The van der Waals surface area contributed by atoms with Crippen LogP contribution in [-0.4, -0.2) is 32.4 Å². The van der Waals surface area contributed by atoms with Gasteiger partial charge in [0.2, 0.25) is 10.0 Å². The van der Waals surface area contributed by atoms with Gasteiger partial charge in [-0.2, -0.15) is 0 Å². The molecule has 1 unspecified atom stereocenters. The Morgan fingerprint density at radius 2 is 2.33 bits per heavy atom. The van der Waals surface area contributed by atoms with Gasteiger partial charge in [0.1, 0.15) is 6.26 Å². The molecular weight excluding hydrogens is 218 g/mol. The van der Waals surface area contributed by atoms with Crippen LogP contribution >= 0.6 is 0 Å². The number of rotatable bonds is 6. The monoisotopic (exact) mass is 233 g/mol. The average Bonchev–Trinajstić information content (AvgIpc) is 2.68. The molecule has 0 saturated heterocycles. The van der Waals surface area contributed by atoms with E-state index in [-0.39, 0.29) is 6.54 Å². The highest BCUT2D eigenvalue weighted by atomic mass is 32.2. The Kier molecular flexibility index (Phi) is 4.25. The first-order chi connectivity index (χ1) is 7.06. The van der Waals surface area contributed by atoms with E-state index in [1.54, 1.807) is 20.0 Å². The molecule has 1 aromatic heterocycles. The van der Waals surface area contributed by atoms with Crippen LogP contribution in [0.5, 0.6) is 0 Å². The fourth-order valence-corrected chi connectivity index (χ4v) is 2.06. The second kappa shape index (κ2) is 5.24. The van der Waals surface area contributed by atoms with E-state index in [1.165, 1.54) is 6.26 Å². The van der Waals surface area contributed by atoms with E-state index in [2.05, 4.69) is 19.7 Å². The third-order valence-electron chi connectivity index (χ3n) is 1.97. The van der Waals surface area contributed by atoms with Crippen LogP contribution in [0.25, 0.3) is 0 Å². The lowest BCUT2D eigenvalue weighted by atomic mass is 10.4. The lowest BCUT2D eigenvalue weighted by Gasteiger charge is -2.12. The SMILES string of the molecule is CNCC(C)S(=O)(=O)NCc1ccon1. The molecule has 15 heavy (non-hydrogen) atoms. The molecule has 0 saturated carbocycles. The van der Waals surface area contributed by atoms with Crippen LogP contribution in [0, 0.1) is 0 Å². The molecule has 1 heterocycles. The van der Waals surface area contributed by atoms with Crippen molar-refractivity contribution in [2.45, 2.75) is 18.7 Å². The average molecular weight is 233 g/mol. The molecule has 1 aromatic rings. The molecule has 6 nitrogen and oxygen atoms in total. The van der Waals surface area contributed by atoms with Gasteiger partial charge in [0.15, 0.2) is 0 Å². The number of sulfonamides is 1. The molecule has 0 amide bonds. The van der Waals surface area contributed by atoms with E-state index in [0.29, 0.717) is 12.2 Å². The molecule has 0 aromatic carbocycles. The summed E-state index contributed by atoms with van der Waals surface area (Å²) in [5, 5.41) is 5.94. The van der Waals surface area contributed by atoms with Crippen LogP contribution in [0.15, 0.2) is 16.9 Å². The Bertz CT molecular complexity index is 374. The molecule has 86 valence electrons. The fourth-order valence-electron chi connectivity index (χ4n) is 1.04. The fraction of sp³-hybridized carbons (Fsp3) is 0.625. The molecule has 2 N–H and O–H groups in total. The number of nitrogens with one attached hydrogen (secondary N) is 2. The molecule has 0 fully saturated rings. The Morgan fingerprint density at radius 1 is 1.60 bits per heavy atom. The van der Waals surface area contributed by atoms with Crippen LogP contribution in [0.4, 0.5) is 0 Å². The number of hydrogen-bond acceptors (Lipinski definition) is 5. The summed E-state index contributed by atoms with van der Waals surface area (Å²) < 4.78 is 30.3. The molecule has 0 bridgehead atoms. The van der Waals surface area contributed by atoms with Crippen molar-refractivity contribution in [3.05, 3.63) is 18.0 Å². The summed E-state index contributed by atoms with van der Waals surface area (Å²) in [4.78, 5) is 0. The maximum absolute atomic E-state index is 11.6. The lowest BCUT2D eigenvalue weighted by molar-refractivity contribution is 0.410. The predicted molar refractivity (Wildman–Crippen MR) is 55.7 cm³/mol. The molecule has 0 aliphatic rings. The van der Waals surface area contributed by atoms with E-state index in [0.717, 1.165) is 0 Å². The molecule has 1 atom stereocenters. The van der Waals surface area contributed by atoms with Gasteiger partial charge in [-0.1, -0.05) is 5.16 Å². The largest absolute Gasteiger partial charge is 0.364 e. The van der Waals surface area contributed by atoms with Crippen LogP contribution in [0.2, 0.25) is 0 Å². The van der Waals surface area contributed by atoms with Crippen molar-refractivity contribution in [3.63, 3.8) is 0 Å². The molecule has 0 aliphatic heterocycles. The summed E-state index contributed by atoms with van der Waals surface area (Å²) in [7, 11) is -1.58. The van der Waals surface area contributed by atoms with Gasteiger partial charge in [0.05, 0.1) is 17.5 Å². The van der Waals surface area contributed by atoms with E-state index in [1.807, 2.05) is 0 Å². The summed E-state index contributed by atoms with van der Waals surface area (Å²) in [6, 6.07) is 1.62. The van der Waals surface area contributed by atoms with Gasteiger partial charge in [-0.3, -0.25) is 0 Å². The van der Waals surface area contributed by atoms with Gasteiger partial charge in [-0.25, -0.2) is 13.1 Å². The second-order valence-electron chi connectivity index (χ2n) is 3.23. The van der Waals surface area contributed by atoms with Crippen molar-refractivity contribution in [1.29, 1.82) is 0 Å². The van der Waals surface area contributed by atoms with Crippen LogP contribution in [0.1, 0.15) is 12.6 Å². The molecule has 1 rings (SSSR count). The molecule has 0 aliphatic carbocycles. The van der Waals surface area contributed by atoms with Crippen LogP contribution < -0.4 is 10.0 Å². The smallest absolute Gasteiger partial charge is 0.215 e. The van der Waals surface area contributed by atoms with E-state index < -0.39 is 15.3 Å². The maximum atomic E-state index is 11.6. The summed E-state index contributed by atoms with van der Waals surface area (Å²) in [6.45, 7) is 2.21. The van der Waals surface area contributed by atoms with E-state index >= 15 is 0 Å². The zero-order chi connectivity index (χ0) is 11.3. The third kappa shape index (κ3) is 3.61.